The van der Waals surface area contributed by atoms with Crippen LogP contribution in [0.1, 0.15) is 98.8 Å². The normalized spacial score (nSPS) is 43.7. The van der Waals surface area contributed by atoms with Gasteiger partial charge in [0.2, 0.25) is 0 Å². The maximum Gasteiger partial charge on any atom is 0.133 e. The van der Waals surface area contributed by atoms with Crippen molar-refractivity contribution >= 4 is 5.78 Å². The minimum absolute atomic E-state index is 0.369. The van der Waals surface area contributed by atoms with Crippen molar-refractivity contribution in [1.29, 1.82) is 0 Å². The van der Waals surface area contributed by atoms with Crippen molar-refractivity contribution in [2.45, 2.75) is 98.8 Å². The molecular weight excluding hydrogens is 320 g/mol. The quantitative estimate of drug-likeness (QED) is 0.628. The highest BCUT2D eigenvalue weighted by Gasteiger charge is 2.56. The molecule has 152 valence electrons. The molecule has 26 heavy (non-hydrogen) atoms. The summed E-state index contributed by atoms with van der Waals surface area (Å²) in [4.78, 5) is 11.8. The number of aliphatic hydroxyl groups is 1. The highest BCUT2D eigenvalue weighted by molar-refractivity contribution is 5.79. The van der Waals surface area contributed by atoms with Crippen molar-refractivity contribution in [3.63, 3.8) is 0 Å². The van der Waals surface area contributed by atoms with Crippen LogP contribution in [-0.4, -0.2) is 17.5 Å². The lowest BCUT2D eigenvalue weighted by Gasteiger charge is -2.55. The first kappa shape index (κ1) is 21.9. The van der Waals surface area contributed by atoms with E-state index in [1.807, 2.05) is 27.7 Å². The molecule has 0 aromatic heterocycles. The van der Waals surface area contributed by atoms with E-state index in [9.17, 15) is 9.90 Å². The smallest absolute Gasteiger partial charge is 0.133 e. The Kier molecular flexibility index (Phi) is 8.19. The van der Waals surface area contributed by atoms with Crippen molar-refractivity contribution < 1.29 is 9.90 Å². The standard InChI is InChI=1S/C20H32O2.2C2H6/c1-20-10-8-17-16-6-4-15(22)12-13(16)2-5-18(17)19(20)7-3-14(20)9-11-21;2*1-2/h13-14,16-19,21H,2-12H2,1H3;2*1-2H3/t13?,14-,16?,17?,18?,19?,20-;;/m1../s1. The number of hydrogen-bond acceptors (Lipinski definition) is 2. The first-order valence-electron chi connectivity index (χ1n) is 11.8. The molecule has 0 heterocycles. The van der Waals surface area contributed by atoms with E-state index in [0.717, 1.165) is 54.8 Å². The molecule has 0 aromatic carbocycles. The summed E-state index contributed by atoms with van der Waals surface area (Å²) in [6.07, 6.45) is 12.2. The number of Topliss-reactive ketones (excluding diaryl/α,β-unsaturated/α-hetero) is 1. The van der Waals surface area contributed by atoms with Gasteiger partial charge in [-0.2, -0.15) is 0 Å². The lowest BCUT2D eigenvalue weighted by molar-refractivity contribution is -0.127. The number of rotatable bonds is 2. The third-order valence-electron chi connectivity index (χ3n) is 8.44. The third-order valence-corrected chi connectivity index (χ3v) is 8.44. The minimum atomic E-state index is 0.369. The molecule has 4 aliphatic rings. The SMILES string of the molecule is CC.CC.C[C@]12CCC3C4CCC(=O)CC4CCC3C1CC[C@@H]2CCO. The molecule has 4 saturated carbocycles. The molecule has 0 saturated heterocycles. The van der Waals surface area contributed by atoms with Gasteiger partial charge in [-0.1, -0.05) is 34.6 Å². The number of carbonyl (C=O) groups excluding carboxylic acids is 1. The first-order chi connectivity index (χ1) is 12.6. The summed E-state index contributed by atoms with van der Waals surface area (Å²) < 4.78 is 0. The Morgan fingerprint density at radius 2 is 1.65 bits per heavy atom. The van der Waals surface area contributed by atoms with Crippen molar-refractivity contribution in [2.24, 2.45) is 40.9 Å². The zero-order valence-electron chi connectivity index (χ0n) is 18.1. The van der Waals surface area contributed by atoms with Crippen LogP contribution in [0, 0.1) is 40.9 Å². The molecule has 1 N–H and O–H groups in total. The Labute approximate surface area is 162 Å². The van der Waals surface area contributed by atoms with Crippen LogP contribution in [0.5, 0.6) is 0 Å². The lowest BCUT2D eigenvalue weighted by Crippen LogP contribution is -2.48. The van der Waals surface area contributed by atoms with E-state index in [-0.39, 0.29) is 0 Å². The molecule has 0 aliphatic heterocycles. The van der Waals surface area contributed by atoms with Gasteiger partial charge in [0, 0.05) is 19.4 Å². The van der Waals surface area contributed by atoms with Crippen molar-refractivity contribution in [1.82, 2.24) is 0 Å². The topological polar surface area (TPSA) is 37.3 Å². The fraction of sp³-hybridized carbons (Fsp3) is 0.958. The summed E-state index contributed by atoms with van der Waals surface area (Å²) in [5, 5.41) is 9.41. The van der Waals surface area contributed by atoms with Crippen molar-refractivity contribution in [3.8, 4) is 0 Å². The maximum atomic E-state index is 11.8. The summed E-state index contributed by atoms with van der Waals surface area (Å²) >= 11 is 0. The summed E-state index contributed by atoms with van der Waals surface area (Å²) in [5.41, 5.74) is 0.501. The maximum absolute atomic E-state index is 11.8. The van der Waals surface area contributed by atoms with Gasteiger partial charge in [-0.25, -0.2) is 0 Å². The largest absolute Gasteiger partial charge is 0.396 e. The van der Waals surface area contributed by atoms with Gasteiger partial charge in [0.05, 0.1) is 0 Å². The van der Waals surface area contributed by atoms with E-state index in [1.165, 1.54) is 44.9 Å². The predicted octanol–water partition coefficient (Wildman–Crippen LogP) is 6.26. The van der Waals surface area contributed by atoms with Crippen LogP contribution in [0.15, 0.2) is 0 Å². The Hall–Kier alpha value is -0.370. The summed E-state index contributed by atoms with van der Waals surface area (Å²) in [5.74, 6) is 5.62. The molecule has 4 fully saturated rings. The van der Waals surface area contributed by atoms with Crippen LogP contribution in [0.2, 0.25) is 0 Å². The summed E-state index contributed by atoms with van der Waals surface area (Å²) in [7, 11) is 0. The molecule has 0 amide bonds. The van der Waals surface area contributed by atoms with Crippen molar-refractivity contribution in [3.05, 3.63) is 0 Å². The number of aliphatic hydroxyl groups excluding tert-OH is 1. The molecular formula is C24H44O2. The van der Waals surface area contributed by atoms with Crippen LogP contribution < -0.4 is 0 Å². The van der Waals surface area contributed by atoms with Gasteiger partial charge in [0.15, 0.2) is 0 Å². The number of fused-ring (bicyclic) bond motifs is 5. The van der Waals surface area contributed by atoms with Gasteiger partial charge in [-0.05, 0) is 92.3 Å². The van der Waals surface area contributed by atoms with E-state index in [4.69, 9.17) is 0 Å². The average molecular weight is 365 g/mol. The molecule has 0 radical (unpaired) electrons. The molecule has 7 atom stereocenters. The second-order valence-electron chi connectivity index (χ2n) is 9.05. The predicted molar refractivity (Wildman–Crippen MR) is 110 cm³/mol. The molecule has 0 aromatic rings. The fourth-order valence-corrected chi connectivity index (χ4v) is 7.40. The lowest BCUT2D eigenvalue weighted by atomic mass is 9.49. The van der Waals surface area contributed by atoms with E-state index in [2.05, 4.69) is 6.92 Å². The molecule has 4 aliphatic carbocycles. The zero-order chi connectivity index (χ0) is 19.3. The minimum Gasteiger partial charge on any atom is -0.396 e. The van der Waals surface area contributed by atoms with E-state index < -0.39 is 0 Å². The third kappa shape index (κ3) is 3.91. The molecule has 0 bridgehead atoms. The molecule has 2 heteroatoms. The number of carbonyl (C=O) groups is 1. The van der Waals surface area contributed by atoms with E-state index in [0.29, 0.717) is 17.8 Å². The van der Waals surface area contributed by atoms with Crippen molar-refractivity contribution in [2.75, 3.05) is 6.61 Å². The van der Waals surface area contributed by atoms with Gasteiger partial charge in [0.25, 0.3) is 0 Å². The van der Waals surface area contributed by atoms with Gasteiger partial charge in [-0.15, -0.1) is 0 Å². The molecule has 5 unspecified atom stereocenters. The highest BCUT2D eigenvalue weighted by atomic mass is 16.3. The van der Waals surface area contributed by atoms with Crippen LogP contribution in [0.25, 0.3) is 0 Å². The Morgan fingerprint density at radius 3 is 2.35 bits per heavy atom. The zero-order valence-corrected chi connectivity index (χ0v) is 18.1. The summed E-state index contributed by atoms with van der Waals surface area (Å²) in [6, 6.07) is 0. The second-order valence-corrected chi connectivity index (χ2v) is 9.05. The van der Waals surface area contributed by atoms with Crippen LogP contribution >= 0.6 is 0 Å². The monoisotopic (exact) mass is 364 g/mol. The van der Waals surface area contributed by atoms with Crippen LogP contribution in [0.3, 0.4) is 0 Å². The molecule has 0 spiro atoms. The van der Waals surface area contributed by atoms with Gasteiger partial charge < -0.3 is 5.11 Å². The summed E-state index contributed by atoms with van der Waals surface area (Å²) in [6.45, 7) is 10.9. The Morgan fingerprint density at radius 1 is 0.923 bits per heavy atom. The first-order valence-corrected chi connectivity index (χ1v) is 11.8. The number of ketones is 1. The van der Waals surface area contributed by atoms with Gasteiger partial charge in [-0.3, -0.25) is 4.79 Å². The van der Waals surface area contributed by atoms with E-state index in [1.54, 1.807) is 0 Å². The average Bonchev–Trinajstić information content (AvgIpc) is 3.01. The van der Waals surface area contributed by atoms with Crippen LogP contribution in [0.4, 0.5) is 0 Å². The van der Waals surface area contributed by atoms with Gasteiger partial charge in [0.1, 0.15) is 5.78 Å². The second kappa shape index (κ2) is 9.71. The Balaban J connectivity index is 0.000000570. The highest BCUT2D eigenvalue weighted by Crippen LogP contribution is 2.64. The van der Waals surface area contributed by atoms with Crippen LogP contribution in [-0.2, 0) is 4.79 Å². The molecule has 4 rings (SSSR count). The van der Waals surface area contributed by atoms with E-state index >= 15 is 0 Å². The fourth-order valence-electron chi connectivity index (χ4n) is 7.40. The van der Waals surface area contributed by atoms with Gasteiger partial charge >= 0.3 is 0 Å². The number of hydrogen-bond donors (Lipinski definition) is 1. The Bertz CT molecular complexity index is 445. The molecule has 2 nitrogen and oxygen atoms in total.